The maximum Gasteiger partial charge on any atom is 0.430 e. The summed E-state index contributed by atoms with van der Waals surface area (Å²) in [6.45, 7) is 0. The number of hydrogen-bond acceptors (Lipinski definition) is 2. The molecule has 0 spiro atoms. The Labute approximate surface area is 213 Å². The van der Waals surface area contributed by atoms with E-state index in [1.54, 1.807) is 0 Å². The van der Waals surface area contributed by atoms with Gasteiger partial charge in [-0.1, -0.05) is 36.4 Å². The number of rotatable bonds is 3. The molecule has 0 aliphatic carbocycles. The van der Waals surface area contributed by atoms with Crippen molar-refractivity contribution < 1.29 is 62.9 Å². The highest BCUT2D eigenvalue weighted by molar-refractivity contribution is 8.17. The van der Waals surface area contributed by atoms with Gasteiger partial charge < -0.3 is 10.2 Å². The molecule has 2 nitrogen and oxygen atoms in total. The van der Waals surface area contributed by atoms with E-state index in [1.165, 1.54) is 48.5 Å². The molecule has 0 fully saturated rings. The quantitative estimate of drug-likeness (QED) is 0.168. The standard InChI is InChI=1S/C24H14F12O2S/c25-21(26,27)19(37,22(28,29)30)12-9-13(20(38,23(31,32)33)24(34,35)36)11-14(10-12)39-17-7-3-1-5-15(17)16-6-2-4-8-18(16)39/h1-11,37-39H. The molecule has 3 aromatic rings. The zero-order valence-corrected chi connectivity index (χ0v) is 19.6. The molecule has 1 heterocycles. The highest BCUT2D eigenvalue weighted by atomic mass is 32.2. The van der Waals surface area contributed by atoms with Crippen molar-refractivity contribution in [2.75, 3.05) is 0 Å². The van der Waals surface area contributed by atoms with Crippen LogP contribution in [0.2, 0.25) is 0 Å². The molecule has 212 valence electrons. The van der Waals surface area contributed by atoms with Gasteiger partial charge in [-0.25, -0.2) is 0 Å². The van der Waals surface area contributed by atoms with E-state index >= 15 is 0 Å². The van der Waals surface area contributed by atoms with Gasteiger partial charge in [0.1, 0.15) is 0 Å². The number of thiol groups is 1. The Kier molecular flexibility index (Phi) is 6.56. The fourth-order valence-corrected chi connectivity index (χ4v) is 7.03. The minimum atomic E-state index is -6.63. The first-order chi connectivity index (χ1) is 17.7. The maximum atomic E-state index is 13.7. The molecule has 0 amide bonds. The van der Waals surface area contributed by atoms with Crippen LogP contribution >= 0.6 is 10.9 Å². The fraction of sp³-hybridized carbons (Fsp3) is 0.250. The number of benzene rings is 3. The van der Waals surface area contributed by atoms with Crippen LogP contribution in [0.15, 0.2) is 81.4 Å². The topological polar surface area (TPSA) is 40.5 Å². The van der Waals surface area contributed by atoms with E-state index in [9.17, 15) is 62.9 Å². The Balaban J connectivity index is 2.15. The lowest BCUT2D eigenvalue weighted by Gasteiger charge is -2.37. The molecule has 0 unspecified atom stereocenters. The first-order valence-electron chi connectivity index (χ1n) is 10.5. The van der Waals surface area contributed by atoms with Crippen LogP contribution in [0.1, 0.15) is 11.1 Å². The van der Waals surface area contributed by atoms with E-state index in [4.69, 9.17) is 0 Å². The van der Waals surface area contributed by atoms with Gasteiger partial charge in [-0.2, -0.15) is 63.6 Å². The van der Waals surface area contributed by atoms with Crippen LogP contribution in [0.3, 0.4) is 0 Å². The van der Waals surface area contributed by atoms with Crippen LogP contribution in [0.25, 0.3) is 11.1 Å². The van der Waals surface area contributed by atoms with Crippen LogP contribution in [0, 0.1) is 0 Å². The molecule has 0 radical (unpaired) electrons. The van der Waals surface area contributed by atoms with Gasteiger partial charge in [-0.05, 0) is 46.4 Å². The van der Waals surface area contributed by atoms with Gasteiger partial charge >= 0.3 is 24.7 Å². The Bertz CT molecular complexity index is 1280. The highest BCUT2D eigenvalue weighted by Crippen LogP contribution is 2.64. The molecule has 0 aromatic heterocycles. The molecule has 0 bridgehead atoms. The van der Waals surface area contributed by atoms with Crippen LogP contribution in [-0.4, -0.2) is 34.9 Å². The van der Waals surface area contributed by atoms with E-state index in [-0.39, 0.29) is 21.9 Å². The lowest BCUT2D eigenvalue weighted by molar-refractivity contribution is -0.378. The molecule has 39 heavy (non-hydrogen) atoms. The second-order valence-corrected chi connectivity index (χ2v) is 10.7. The van der Waals surface area contributed by atoms with Crippen molar-refractivity contribution in [2.45, 2.75) is 50.6 Å². The van der Waals surface area contributed by atoms with Gasteiger partial charge in [0, 0.05) is 20.9 Å². The molecule has 4 rings (SSSR count). The summed E-state index contributed by atoms with van der Waals surface area (Å²) < 4.78 is 164. The van der Waals surface area contributed by atoms with Crippen molar-refractivity contribution in [1.29, 1.82) is 0 Å². The molecule has 0 atom stereocenters. The molecular formula is C24H14F12O2S. The third-order valence-electron chi connectivity index (χ3n) is 6.23. The van der Waals surface area contributed by atoms with Gasteiger partial charge in [0.15, 0.2) is 0 Å². The summed E-state index contributed by atoms with van der Waals surface area (Å²) in [5.74, 6) is 0. The van der Waals surface area contributed by atoms with Crippen molar-refractivity contribution in [3.63, 3.8) is 0 Å². The normalized spacial score (nSPS) is 15.8. The third-order valence-corrected chi connectivity index (χ3v) is 8.75. The molecule has 2 N–H and O–H groups in total. The van der Waals surface area contributed by atoms with Crippen molar-refractivity contribution >= 4 is 10.9 Å². The lowest BCUT2D eigenvalue weighted by atomic mass is 9.85. The minimum Gasteiger partial charge on any atom is -0.369 e. The SMILES string of the molecule is OC(c1cc([SH]2c3ccccc3-c3ccccc32)cc(C(O)(C(F)(F)F)C(F)(F)F)c1)(C(F)(F)F)C(F)(F)F. The van der Waals surface area contributed by atoms with Crippen molar-refractivity contribution in [2.24, 2.45) is 0 Å². The smallest absolute Gasteiger partial charge is 0.369 e. The summed E-state index contributed by atoms with van der Waals surface area (Å²) in [5, 5.41) is 19.8. The number of fused-ring (bicyclic) bond motifs is 3. The molecular weight excluding hydrogens is 580 g/mol. The Morgan fingerprint density at radius 3 is 1.08 bits per heavy atom. The van der Waals surface area contributed by atoms with E-state index < -0.39 is 68.9 Å². The summed E-state index contributed by atoms with van der Waals surface area (Å²) in [5.41, 5.74) is -15.7. The monoisotopic (exact) mass is 594 g/mol. The van der Waals surface area contributed by atoms with E-state index in [0.717, 1.165) is 0 Å². The molecule has 1 aliphatic rings. The van der Waals surface area contributed by atoms with Gasteiger partial charge in [0.25, 0.3) is 11.2 Å². The van der Waals surface area contributed by atoms with E-state index in [2.05, 4.69) is 0 Å². The predicted octanol–water partition coefficient (Wildman–Crippen LogP) is 7.77. The summed E-state index contributed by atoms with van der Waals surface area (Å²) >= 11 is 0. The Morgan fingerprint density at radius 1 is 0.462 bits per heavy atom. The fourth-order valence-electron chi connectivity index (χ4n) is 4.33. The Morgan fingerprint density at radius 2 is 0.769 bits per heavy atom. The highest BCUT2D eigenvalue weighted by Gasteiger charge is 2.74. The summed E-state index contributed by atoms with van der Waals surface area (Å²) in [6.07, 6.45) is -26.5. The second-order valence-electron chi connectivity index (χ2n) is 8.55. The van der Waals surface area contributed by atoms with Crippen molar-refractivity contribution in [3.05, 3.63) is 77.9 Å². The number of hydrogen-bond donors (Lipinski definition) is 3. The second kappa shape index (κ2) is 8.80. The first-order valence-corrected chi connectivity index (χ1v) is 11.9. The molecule has 3 aromatic carbocycles. The van der Waals surface area contributed by atoms with Crippen LogP contribution in [-0.2, 0) is 11.2 Å². The molecule has 1 aliphatic heterocycles. The zero-order valence-electron chi connectivity index (χ0n) is 18.7. The van der Waals surface area contributed by atoms with E-state index in [1.807, 2.05) is 0 Å². The largest absolute Gasteiger partial charge is 0.430 e. The first kappa shape index (κ1) is 29.1. The van der Waals surface area contributed by atoms with Gasteiger partial charge in [-0.3, -0.25) is 0 Å². The molecule has 15 heteroatoms. The molecule has 0 saturated heterocycles. The number of aliphatic hydroxyl groups is 2. The van der Waals surface area contributed by atoms with Gasteiger partial charge in [0.05, 0.1) is 0 Å². The Hall–Kier alpha value is -2.91. The van der Waals surface area contributed by atoms with Crippen LogP contribution in [0.4, 0.5) is 52.7 Å². The third kappa shape index (κ3) is 4.25. The van der Waals surface area contributed by atoms with Gasteiger partial charge in [-0.15, -0.1) is 0 Å². The zero-order chi connectivity index (χ0) is 29.4. The summed E-state index contributed by atoms with van der Waals surface area (Å²) in [4.78, 5) is -0.405. The molecule has 0 saturated carbocycles. The van der Waals surface area contributed by atoms with Gasteiger partial charge in [0.2, 0.25) is 0 Å². The average molecular weight is 594 g/mol. The number of halogens is 12. The maximum absolute atomic E-state index is 13.7. The lowest BCUT2D eigenvalue weighted by Crippen LogP contribution is -2.55. The van der Waals surface area contributed by atoms with Crippen molar-refractivity contribution in [1.82, 2.24) is 0 Å². The minimum absolute atomic E-state index is 0.0717. The average Bonchev–Trinajstić information content (AvgIpc) is 3.14. The summed E-state index contributed by atoms with van der Waals surface area (Å²) in [6, 6.07) is 11.0. The van der Waals surface area contributed by atoms with Crippen LogP contribution in [0.5, 0.6) is 0 Å². The van der Waals surface area contributed by atoms with Crippen molar-refractivity contribution in [3.8, 4) is 11.1 Å². The number of alkyl halides is 12. The van der Waals surface area contributed by atoms with Crippen LogP contribution < -0.4 is 0 Å². The summed E-state index contributed by atoms with van der Waals surface area (Å²) in [7, 11) is -2.33. The van der Waals surface area contributed by atoms with E-state index in [0.29, 0.717) is 11.1 Å². The predicted molar refractivity (Wildman–Crippen MR) is 114 cm³/mol.